The van der Waals surface area contributed by atoms with Crippen LogP contribution in [0, 0.1) is 0 Å². The zero-order chi connectivity index (χ0) is 12.3. The summed E-state index contributed by atoms with van der Waals surface area (Å²) in [4.78, 5) is 11.3. The summed E-state index contributed by atoms with van der Waals surface area (Å²) in [6.07, 6.45) is 5.79. The van der Waals surface area contributed by atoms with Crippen molar-refractivity contribution in [2.75, 3.05) is 6.61 Å². The Balaban J connectivity index is 2.32. The van der Waals surface area contributed by atoms with Crippen molar-refractivity contribution in [2.24, 2.45) is 0 Å². The molecule has 0 unspecified atom stereocenters. The number of aliphatic hydroxyl groups is 1. The van der Waals surface area contributed by atoms with E-state index in [0.29, 0.717) is 19.3 Å². The van der Waals surface area contributed by atoms with Gasteiger partial charge < -0.3 is 10.2 Å². The van der Waals surface area contributed by atoms with Crippen LogP contribution in [0.4, 0.5) is 0 Å². The van der Waals surface area contributed by atoms with E-state index in [1.165, 1.54) is 0 Å². The predicted octanol–water partition coefficient (Wildman–Crippen LogP) is 2.20. The quantitative estimate of drug-likeness (QED) is 0.818. The van der Waals surface area contributed by atoms with Crippen LogP contribution in [0.2, 0.25) is 0 Å². The number of aliphatic carboxylic acids is 1. The van der Waals surface area contributed by atoms with Crippen molar-refractivity contribution in [3.05, 3.63) is 41.5 Å². The molecule has 0 radical (unpaired) electrons. The van der Waals surface area contributed by atoms with Gasteiger partial charge in [0.05, 0.1) is 5.41 Å². The first kappa shape index (κ1) is 11.9. The fourth-order valence-corrected chi connectivity index (χ4v) is 2.09. The Morgan fingerprint density at radius 3 is 2.65 bits per heavy atom. The summed E-state index contributed by atoms with van der Waals surface area (Å²) in [5.74, 6) is -0.736. The van der Waals surface area contributed by atoms with E-state index in [1.807, 2.05) is 36.4 Å². The van der Waals surface area contributed by atoms with Crippen molar-refractivity contribution in [1.29, 1.82) is 0 Å². The molecule has 1 aliphatic rings. The van der Waals surface area contributed by atoms with Crippen LogP contribution >= 0.6 is 0 Å². The van der Waals surface area contributed by atoms with Gasteiger partial charge in [0.25, 0.3) is 0 Å². The number of carbonyl (C=O) groups is 1. The Hall–Kier alpha value is -1.61. The topological polar surface area (TPSA) is 57.5 Å². The summed E-state index contributed by atoms with van der Waals surface area (Å²) in [5, 5.41) is 18.0. The van der Waals surface area contributed by atoms with Crippen LogP contribution in [0.3, 0.4) is 0 Å². The third-order valence-corrected chi connectivity index (χ3v) is 3.23. The van der Waals surface area contributed by atoms with Gasteiger partial charge in [0.2, 0.25) is 0 Å². The molecule has 1 saturated carbocycles. The smallest absolute Gasteiger partial charge is 0.314 e. The van der Waals surface area contributed by atoms with Gasteiger partial charge in [-0.1, -0.05) is 36.4 Å². The van der Waals surface area contributed by atoms with Gasteiger partial charge in [-0.15, -0.1) is 0 Å². The summed E-state index contributed by atoms with van der Waals surface area (Å²) in [6.45, 7) is 0.114. The highest BCUT2D eigenvalue weighted by atomic mass is 16.4. The lowest BCUT2D eigenvalue weighted by Crippen LogP contribution is -2.20. The largest absolute Gasteiger partial charge is 0.481 e. The Kier molecular flexibility index (Phi) is 3.29. The van der Waals surface area contributed by atoms with Crippen molar-refractivity contribution >= 4 is 12.0 Å². The van der Waals surface area contributed by atoms with Crippen molar-refractivity contribution in [2.45, 2.75) is 24.7 Å². The van der Waals surface area contributed by atoms with Gasteiger partial charge in [-0.2, -0.15) is 0 Å². The SMILES string of the molecule is O=C(O)C1(c2ccccc2C=CCCO)CC1. The minimum absolute atomic E-state index is 0.114. The fraction of sp³-hybridized carbons (Fsp3) is 0.357. The molecule has 0 heterocycles. The molecule has 0 saturated heterocycles. The number of aliphatic hydroxyl groups excluding tert-OH is 1. The Morgan fingerprint density at radius 2 is 2.06 bits per heavy atom. The van der Waals surface area contributed by atoms with Crippen molar-refractivity contribution in [3.8, 4) is 0 Å². The van der Waals surface area contributed by atoms with Crippen molar-refractivity contribution in [3.63, 3.8) is 0 Å². The average molecular weight is 232 g/mol. The normalized spacial score (nSPS) is 17.2. The molecule has 1 fully saturated rings. The van der Waals surface area contributed by atoms with Crippen LogP contribution in [0.15, 0.2) is 30.3 Å². The van der Waals surface area contributed by atoms with E-state index < -0.39 is 11.4 Å². The first-order chi connectivity index (χ1) is 8.20. The van der Waals surface area contributed by atoms with Crippen LogP contribution in [0.5, 0.6) is 0 Å². The summed E-state index contributed by atoms with van der Waals surface area (Å²) in [6, 6.07) is 7.59. The predicted molar refractivity (Wildman–Crippen MR) is 65.7 cm³/mol. The third kappa shape index (κ3) is 2.24. The molecule has 0 amide bonds. The third-order valence-electron chi connectivity index (χ3n) is 3.23. The summed E-state index contributed by atoms with van der Waals surface area (Å²) >= 11 is 0. The molecule has 17 heavy (non-hydrogen) atoms. The molecular weight excluding hydrogens is 216 g/mol. The number of benzene rings is 1. The second-order valence-electron chi connectivity index (χ2n) is 4.39. The highest BCUT2D eigenvalue weighted by Crippen LogP contribution is 2.49. The van der Waals surface area contributed by atoms with Gasteiger partial charge in [0.15, 0.2) is 0 Å². The van der Waals surface area contributed by atoms with E-state index in [1.54, 1.807) is 0 Å². The summed E-state index contributed by atoms with van der Waals surface area (Å²) in [5.41, 5.74) is 1.17. The molecule has 0 aromatic heterocycles. The Morgan fingerprint density at radius 1 is 1.35 bits per heavy atom. The van der Waals surface area contributed by atoms with E-state index >= 15 is 0 Å². The van der Waals surface area contributed by atoms with Gasteiger partial charge in [0, 0.05) is 6.61 Å². The second-order valence-corrected chi connectivity index (χ2v) is 4.39. The molecule has 3 heteroatoms. The highest BCUT2D eigenvalue weighted by Gasteiger charge is 2.52. The van der Waals surface area contributed by atoms with Crippen LogP contribution in [-0.4, -0.2) is 22.8 Å². The number of hydrogen-bond acceptors (Lipinski definition) is 2. The van der Waals surface area contributed by atoms with E-state index in [4.69, 9.17) is 5.11 Å². The Bertz CT molecular complexity index is 445. The van der Waals surface area contributed by atoms with E-state index in [0.717, 1.165) is 11.1 Å². The molecule has 3 nitrogen and oxygen atoms in total. The molecule has 0 bridgehead atoms. The van der Waals surface area contributed by atoms with Crippen LogP contribution in [-0.2, 0) is 10.2 Å². The zero-order valence-electron chi connectivity index (χ0n) is 9.60. The lowest BCUT2D eigenvalue weighted by Gasteiger charge is -2.13. The maximum atomic E-state index is 11.3. The molecule has 1 aromatic rings. The minimum Gasteiger partial charge on any atom is -0.481 e. The molecule has 2 N–H and O–H groups in total. The molecule has 1 aromatic carbocycles. The van der Waals surface area contributed by atoms with Crippen molar-refractivity contribution in [1.82, 2.24) is 0 Å². The van der Waals surface area contributed by atoms with E-state index in [9.17, 15) is 9.90 Å². The monoisotopic (exact) mass is 232 g/mol. The lowest BCUT2D eigenvalue weighted by molar-refractivity contribution is -0.140. The van der Waals surface area contributed by atoms with E-state index in [2.05, 4.69) is 0 Å². The molecule has 0 atom stereocenters. The van der Waals surface area contributed by atoms with E-state index in [-0.39, 0.29) is 6.61 Å². The standard InChI is InChI=1S/C14H16O3/c15-10-4-3-6-11-5-1-2-7-12(11)14(8-9-14)13(16)17/h1-3,5-7,15H,4,8-10H2,(H,16,17). The van der Waals surface area contributed by atoms with Gasteiger partial charge in [-0.25, -0.2) is 0 Å². The Labute approximate surface area is 100 Å². The fourth-order valence-electron chi connectivity index (χ4n) is 2.09. The zero-order valence-corrected chi connectivity index (χ0v) is 9.60. The van der Waals surface area contributed by atoms with Gasteiger partial charge >= 0.3 is 5.97 Å². The average Bonchev–Trinajstić information content (AvgIpc) is 3.11. The van der Waals surface area contributed by atoms with Gasteiger partial charge in [-0.05, 0) is 30.4 Å². The lowest BCUT2D eigenvalue weighted by atomic mass is 9.91. The molecule has 2 rings (SSSR count). The molecule has 0 aliphatic heterocycles. The number of hydrogen-bond donors (Lipinski definition) is 2. The minimum atomic E-state index is -0.736. The summed E-state index contributed by atoms with van der Waals surface area (Å²) < 4.78 is 0. The number of carboxylic acids is 1. The molecule has 1 aliphatic carbocycles. The summed E-state index contributed by atoms with van der Waals surface area (Å²) in [7, 11) is 0. The highest BCUT2D eigenvalue weighted by molar-refractivity contribution is 5.86. The molecular formula is C14H16O3. The number of rotatable bonds is 5. The van der Waals surface area contributed by atoms with Crippen LogP contribution in [0.1, 0.15) is 30.4 Å². The maximum absolute atomic E-state index is 11.3. The number of carboxylic acid groups (broad SMARTS) is 1. The maximum Gasteiger partial charge on any atom is 0.314 e. The molecule has 90 valence electrons. The molecule has 0 spiro atoms. The second kappa shape index (κ2) is 4.72. The first-order valence-corrected chi connectivity index (χ1v) is 5.81. The van der Waals surface area contributed by atoms with Crippen LogP contribution < -0.4 is 0 Å². The van der Waals surface area contributed by atoms with Crippen LogP contribution in [0.25, 0.3) is 6.08 Å². The van der Waals surface area contributed by atoms with Gasteiger partial charge in [-0.3, -0.25) is 4.79 Å². The van der Waals surface area contributed by atoms with Gasteiger partial charge in [0.1, 0.15) is 0 Å². The first-order valence-electron chi connectivity index (χ1n) is 5.81. The van der Waals surface area contributed by atoms with Crippen molar-refractivity contribution < 1.29 is 15.0 Å².